The van der Waals surface area contributed by atoms with E-state index in [1.165, 1.54) is 0 Å². The molecule has 0 amide bonds. The highest BCUT2D eigenvalue weighted by atomic mass is 35.5. The van der Waals surface area contributed by atoms with Gasteiger partial charge in [-0.2, -0.15) is 0 Å². The van der Waals surface area contributed by atoms with E-state index in [1.54, 1.807) is 30.3 Å². The zero-order valence-corrected chi connectivity index (χ0v) is 13.2. The van der Waals surface area contributed by atoms with Gasteiger partial charge >= 0.3 is 5.97 Å². The summed E-state index contributed by atoms with van der Waals surface area (Å²) in [6.45, 7) is 3.84. The summed E-state index contributed by atoms with van der Waals surface area (Å²) < 4.78 is 0. The summed E-state index contributed by atoms with van der Waals surface area (Å²) in [6, 6.07) is 10.2. The first-order valence-electron chi connectivity index (χ1n) is 6.44. The van der Waals surface area contributed by atoms with E-state index < -0.39 is 5.97 Å². The van der Waals surface area contributed by atoms with Gasteiger partial charge < -0.3 is 10.4 Å². The first-order valence-corrected chi connectivity index (χ1v) is 7.19. The Hall–Kier alpha value is -1.71. The zero-order valence-electron chi connectivity index (χ0n) is 11.7. The van der Waals surface area contributed by atoms with Crippen molar-refractivity contribution in [2.45, 2.75) is 19.9 Å². The summed E-state index contributed by atoms with van der Waals surface area (Å²) in [7, 11) is 0. The van der Waals surface area contributed by atoms with E-state index in [-0.39, 0.29) is 11.6 Å². The highest BCUT2D eigenvalue weighted by Crippen LogP contribution is 2.29. The lowest BCUT2D eigenvalue weighted by molar-refractivity contribution is 0.0697. The Bertz CT molecular complexity index is 686. The average Bonchev–Trinajstić information content (AvgIpc) is 2.43. The molecule has 2 aromatic rings. The summed E-state index contributed by atoms with van der Waals surface area (Å²) in [5.74, 6) is -0.935. The molecule has 0 radical (unpaired) electrons. The van der Waals surface area contributed by atoms with E-state index in [0.29, 0.717) is 10.0 Å². The van der Waals surface area contributed by atoms with Crippen LogP contribution in [0.2, 0.25) is 10.0 Å². The fraction of sp³-hybridized carbons (Fsp3) is 0.188. The van der Waals surface area contributed by atoms with Crippen molar-refractivity contribution >= 4 is 34.9 Å². The normalized spacial score (nSPS) is 12.0. The molecular weight excluding hydrogens is 309 g/mol. The Labute approximate surface area is 133 Å². The minimum Gasteiger partial charge on any atom is -0.478 e. The van der Waals surface area contributed by atoms with Gasteiger partial charge in [0.2, 0.25) is 0 Å². The largest absolute Gasteiger partial charge is 0.478 e. The van der Waals surface area contributed by atoms with Crippen molar-refractivity contribution in [3.63, 3.8) is 0 Å². The number of carbonyl (C=O) groups is 1. The third-order valence-electron chi connectivity index (χ3n) is 3.27. The second-order valence-electron chi connectivity index (χ2n) is 4.87. The monoisotopic (exact) mass is 323 g/mol. The van der Waals surface area contributed by atoms with Gasteiger partial charge in [0.15, 0.2) is 0 Å². The highest BCUT2D eigenvalue weighted by molar-refractivity contribution is 6.33. The third kappa shape index (κ3) is 3.69. The Morgan fingerprint density at radius 1 is 1.19 bits per heavy atom. The van der Waals surface area contributed by atoms with Crippen LogP contribution in [0.4, 0.5) is 5.69 Å². The second kappa shape index (κ2) is 6.37. The van der Waals surface area contributed by atoms with Crippen molar-refractivity contribution in [3.8, 4) is 0 Å². The molecule has 2 rings (SSSR count). The molecule has 0 heterocycles. The number of anilines is 1. The fourth-order valence-corrected chi connectivity index (χ4v) is 2.58. The Kier molecular flexibility index (Phi) is 4.76. The van der Waals surface area contributed by atoms with Crippen LogP contribution in [0.25, 0.3) is 0 Å². The van der Waals surface area contributed by atoms with E-state index in [9.17, 15) is 4.79 Å². The molecule has 0 aliphatic carbocycles. The molecule has 0 aliphatic heterocycles. The molecular formula is C16H15Cl2NO2. The van der Waals surface area contributed by atoms with Crippen molar-refractivity contribution in [3.05, 3.63) is 63.1 Å². The number of aryl methyl sites for hydroxylation is 1. The fourth-order valence-electron chi connectivity index (χ4n) is 2.12. The molecule has 0 spiro atoms. The molecule has 0 fully saturated rings. The van der Waals surface area contributed by atoms with Crippen molar-refractivity contribution in [2.24, 2.45) is 0 Å². The van der Waals surface area contributed by atoms with Crippen molar-refractivity contribution in [1.29, 1.82) is 0 Å². The van der Waals surface area contributed by atoms with Gasteiger partial charge in [-0.05, 0) is 61.4 Å². The molecule has 110 valence electrons. The van der Waals surface area contributed by atoms with Gasteiger partial charge in [0.05, 0.1) is 11.6 Å². The van der Waals surface area contributed by atoms with Crippen molar-refractivity contribution < 1.29 is 9.90 Å². The molecule has 0 saturated carbocycles. The lowest BCUT2D eigenvalue weighted by Crippen LogP contribution is -2.09. The number of carboxylic acids is 1. The first kappa shape index (κ1) is 15.7. The number of hydrogen-bond acceptors (Lipinski definition) is 2. The number of hydrogen-bond donors (Lipinski definition) is 2. The molecule has 21 heavy (non-hydrogen) atoms. The minimum absolute atomic E-state index is 0.0504. The summed E-state index contributed by atoms with van der Waals surface area (Å²) in [5.41, 5.74) is 2.89. The molecule has 5 heteroatoms. The number of halogens is 2. The van der Waals surface area contributed by atoms with Crippen LogP contribution in [-0.4, -0.2) is 11.1 Å². The van der Waals surface area contributed by atoms with Gasteiger partial charge in [-0.15, -0.1) is 0 Å². The number of nitrogens with one attached hydrogen (secondary N) is 1. The van der Waals surface area contributed by atoms with Crippen molar-refractivity contribution in [1.82, 2.24) is 0 Å². The lowest BCUT2D eigenvalue weighted by Gasteiger charge is -2.19. The van der Waals surface area contributed by atoms with Crippen LogP contribution in [0, 0.1) is 6.92 Å². The van der Waals surface area contributed by atoms with E-state index >= 15 is 0 Å². The maximum Gasteiger partial charge on any atom is 0.335 e. The van der Waals surface area contributed by atoms with Crippen LogP contribution in [0.3, 0.4) is 0 Å². The summed E-state index contributed by atoms with van der Waals surface area (Å²) >= 11 is 12.2. The average molecular weight is 324 g/mol. The van der Waals surface area contributed by atoms with E-state index in [0.717, 1.165) is 16.8 Å². The smallest absolute Gasteiger partial charge is 0.335 e. The van der Waals surface area contributed by atoms with Crippen LogP contribution in [0.1, 0.15) is 34.5 Å². The SMILES string of the molecule is Cc1cc(C(=O)O)ccc1NC(C)c1cc(Cl)ccc1Cl. The predicted molar refractivity (Wildman–Crippen MR) is 86.6 cm³/mol. The van der Waals surface area contributed by atoms with E-state index in [1.807, 2.05) is 19.9 Å². The second-order valence-corrected chi connectivity index (χ2v) is 5.71. The van der Waals surface area contributed by atoms with Gasteiger partial charge in [0.25, 0.3) is 0 Å². The molecule has 0 bridgehead atoms. The van der Waals surface area contributed by atoms with Crippen molar-refractivity contribution in [2.75, 3.05) is 5.32 Å². The summed E-state index contributed by atoms with van der Waals surface area (Å²) in [4.78, 5) is 10.9. The van der Waals surface area contributed by atoms with Gasteiger partial charge in [0.1, 0.15) is 0 Å². The molecule has 1 unspecified atom stereocenters. The molecule has 1 atom stereocenters. The van der Waals surface area contributed by atoms with E-state index in [2.05, 4.69) is 5.32 Å². The van der Waals surface area contributed by atoms with E-state index in [4.69, 9.17) is 28.3 Å². The Balaban J connectivity index is 2.25. The Morgan fingerprint density at radius 2 is 1.90 bits per heavy atom. The van der Waals surface area contributed by atoms with Gasteiger partial charge in [-0.25, -0.2) is 4.79 Å². The molecule has 3 nitrogen and oxygen atoms in total. The van der Waals surface area contributed by atoms with Crippen LogP contribution in [0.5, 0.6) is 0 Å². The number of benzene rings is 2. The van der Waals surface area contributed by atoms with Crippen LogP contribution in [-0.2, 0) is 0 Å². The number of aromatic carboxylic acids is 1. The van der Waals surface area contributed by atoms with Gasteiger partial charge in [-0.1, -0.05) is 23.2 Å². The lowest BCUT2D eigenvalue weighted by atomic mass is 10.1. The minimum atomic E-state index is -0.935. The maximum atomic E-state index is 10.9. The molecule has 0 aliphatic rings. The Morgan fingerprint density at radius 3 is 2.52 bits per heavy atom. The summed E-state index contributed by atoms with van der Waals surface area (Å²) in [6.07, 6.45) is 0. The standard InChI is InChI=1S/C16H15Cl2NO2/c1-9-7-11(16(20)21)3-6-15(9)19-10(2)13-8-12(17)4-5-14(13)18/h3-8,10,19H,1-2H3,(H,20,21). The summed E-state index contributed by atoms with van der Waals surface area (Å²) in [5, 5.41) is 13.6. The predicted octanol–water partition coefficient (Wildman–Crippen LogP) is 5.17. The van der Waals surface area contributed by atoms with Crippen LogP contribution in [0.15, 0.2) is 36.4 Å². The highest BCUT2D eigenvalue weighted by Gasteiger charge is 2.12. The zero-order chi connectivity index (χ0) is 15.6. The quantitative estimate of drug-likeness (QED) is 0.815. The molecule has 0 aromatic heterocycles. The number of rotatable bonds is 4. The molecule has 2 aromatic carbocycles. The maximum absolute atomic E-state index is 10.9. The number of carboxylic acid groups (broad SMARTS) is 1. The van der Waals surface area contributed by atoms with Crippen LogP contribution < -0.4 is 5.32 Å². The molecule has 2 N–H and O–H groups in total. The van der Waals surface area contributed by atoms with Gasteiger partial charge in [-0.3, -0.25) is 0 Å². The topological polar surface area (TPSA) is 49.3 Å². The van der Waals surface area contributed by atoms with Crippen LogP contribution >= 0.6 is 23.2 Å². The first-order chi connectivity index (χ1) is 9.88. The van der Waals surface area contributed by atoms with Gasteiger partial charge in [0, 0.05) is 15.7 Å². The molecule has 0 saturated heterocycles. The third-order valence-corrected chi connectivity index (χ3v) is 3.85.